The SMILES string of the molecule is CCC(C)(NC(=O)OCC1c2ccccc2-c2ccccc21)C(=O)N1C(C(=O)O)C[C@@H]2OCC[C@@H]21. The van der Waals surface area contributed by atoms with Gasteiger partial charge in [0.1, 0.15) is 18.2 Å². The first-order chi connectivity index (χ1) is 16.8. The molecule has 2 amide bonds. The minimum absolute atomic E-state index is 0.0943. The van der Waals surface area contributed by atoms with E-state index in [-0.39, 0.29) is 37.5 Å². The van der Waals surface area contributed by atoms with Crippen molar-refractivity contribution >= 4 is 18.0 Å². The Morgan fingerprint density at radius 3 is 2.34 bits per heavy atom. The van der Waals surface area contributed by atoms with E-state index in [1.165, 1.54) is 4.90 Å². The number of alkyl carbamates (subject to hydrolysis) is 1. The van der Waals surface area contributed by atoms with Crippen molar-refractivity contribution in [2.24, 2.45) is 0 Å². The van der Waals surface area contributed by atoms with Crippen LogP contribution in [-0.2, 0) is 19.1 Å². The monoisotopic (exact) mass is 478 g/mol. The smallest absolute Gasteiger partial charge is 0.408 e. The molecule has 2 aromatic rings. The van der Waals surface area contributed by atoms with Crippen LogP contribution in [-0.4, -0.2) is 64.9 Å². The highest BCUT2D eigenvalue weighted by Gasteiger charge is 2.53. The Morgan fingerprint density at radius 1 is 1.11 bits per heavy atom. The Labute approximate surface area is 204 Å². The van der Waals surface area contributed by atoms with Crippen molar-refractivity contribution in [1.82, 2.24) is 10.2 Å². The Morgan fingerprint density at radius 2 is 1.74 bits per heavy atom. The van der Waals surface area contributed by atoms with Crippen LogP contribution in [0.5, 0.6) is 0 Å². The number of amides is 2. The third-order valence-corrected chi connectivity index (χ3v) is 7.74. The van der Waals surface area contributed by atoms with Crippen molar-refractivity contribution < 1.29 is 29.0 Å². The molecule has 2 heterocycles. The van der Waals surface area contributed by atoms with E-state index >= 15 is 0 Å². The van der Waals surface area contributed by atoms with Gasteiger partial charge in [-0.1, -0.05) is 55.5 Å². The van der Waals surface area contributed by atoms with Crippen LogP contribution in [0.3, 0.4) is 0 Å². The molecule has 2 N–H and O–H groups in total. The largest absolute Gasteiger partial charge is 0.480 e. The number of benzene rings is 2. The molecule has 0 radical (unpaired) electrons. The second-order valence-electron chi connectivity index (χ2n) is 9.70. The molecule has 2 aromatic carbocycles. The molecule has 184 valence electrons. The molecule has 4 atom stereocenters. The lowest BCUT2D eigenvalue weighted by molar-refractivity contribution is -0.152. The fraction of sp³-hybridized carbons (Fsp3) is 0.444. The number of carbonyl (C=O) groups is 3. The van der Waals surface area contributed by atoms with E-state index in [2.05, 4.69) is 17.4 Å². The van der Waals surface area contributed by atoms with Gasteiger partial charge in [-0.25, -0.2) is 9.59 Å². The lowest BCUT2D eigenvalue weighted by Gasteiger charge is -2.36. The highest BCUT2D eigenvalue weighted by Crippen LogP contribution is 2.44. The summed E-state index contributed by atoms with van der Waals surface area (Å²) >= 11 is 0. The minimum Gasteiger partial charge on any atom is -0.480 e. The maximum Gasteiger partial charge on any atom is 0.408 e. The normalized spacial score (nSPS) is 24.3. The van der Waals surface area contributed by atoms with Gasteiger partial charge in [-0.3, -0.25) is 4.79 Å². The van der Waals surface area contributed by atoms with Crippen molar-refractivity contribution in [3.63, 3.8) is 0 Å². The third-order valence-electron chi connectivity index (χ3n) is 7.74. The van der Waals surface area contributed by atoms with E-state index in [0.29, 0.717) is 13.0 Å². The second-order valence-corrected chi connectivity index (χ2v) is 9.70. The van der Waals surface area contributed by atoms with Gasteiger partial charge in [-0.2, -0.15) is 0 Å². The predicted molar refractivity (Wildman–Crippen MR) is 128 cm³/mol. The molecule has 8 nitrogen and oxygen atoms in total. The summed E-state index contributed by atoms with van der Waals surface area (Å²) in [4.78, 5) is 39.8. The number of carboxylic acids is 1. The summed E-state index contributed by atoms with van der Waals surface area (Å²) in [6, 6.07) is 14.9. The lowest BCUT2D eigenvalue weighted by Crippen LogP contribution is -2.61. The van der Waals surface area contributed by atoms with Crippen LogP contribution in [0.4, 0.5) is 4.79 Å². The molecular formula is C27H30N2O6. The summed E-state index contributed by atoms with van der Waals surface area (Å²) in [5.74, 6) is -1.57. The molecule has 8 heteroatoms. The average Bonchev–Trinajstić information content (AvgIpc) is 3.54. The topological polar surface area (TPSA) is 105 Å². The van der Waals surface area contributed by atoms with Crippen LogP contribution >= 0.6 is 0 Å². The van der Waals surface area contributed by atoms with Crippen molar-refractivity contribution in [1.29, 1.82) is 0 Å². The molecule has 3 aliphatic rings. The van der Waals surface area contributed by atoms with E-state index in [9.17, 15) is 19.5 Å². The van der Waals surface area contributed by atoms with E-state index in [0.717, 1.165) is 22.3 Å². The second kappa shape index (κ2) is 9.00. The van der Waals surface area contributed by atoms with Gasteiger partial charge in [-0.05, 0) is 42.0 Å². The Bertz CT molecular complexity index is 1120. The zero-order valence-corrected chi connectivity index (χ0v) is 19.9. The molecular weight excluding hydrogens is 448 g/mol. The first-order valence-corrected chi connectivity index (χ1v) is 12.1. The highest BCUT2D eigenvalue weighted by molar-refractivity contribution is 5.93. The molecule has 2 fully saturated rings. The van der Waals surface area contributed by atoms with Crippen LogP contribution < -0.4 is 5.32 Å². The fourth-order valence-electron chi connectivity index (χ4n) is 5.69. The van der Waals surface area contributed by atoms with Crippen LogP contribution in [0.25, 0.3) is 11.1 Å². The van der Waals surface area contributed by atoms with Gasteiger partial charge in [0.25, 0.3) is 0 Å². The Kier molecular flexibility index (Phi) is 6.01. The number of hydrogen-bond donors (Lipinski definition) is 2. The van der Waals surface area contributed by atoms with Gasteiger partial charge in [0.15, 0.2) is 0 Å². The summed E-state index contributed by atoms with van der Waals surface area (Å²) in [7, 11) is 0. The lowest BCUT2D eigenvalue weighted by atomic mass is 9.95. The summed E-state index contributed by atoms with van der Waals surface area (Å²) in [5.41, 5.74) is 3.17. The van der Waals surface area contributed by atoms with Crippen LogP contribution in [0.2, 0.25) is 0 Å². The highest BCUT2D eigenvalue weighted by atomic mass is 16.5. The molecule has 0 spiro atoms. The summed E-state index contributed by atoms with van der Waals surface area (Å²) < 4.78 is 11.3. The number of carbonyl (C=O) groups excluding carboxylic acids is 2. The van der Waals surface area contributed by atoms with Crippen LogP contribution in [0, 0.1) is 0 Å². The molecule has 1 aliphatic carbocycles. The number of likely N-dealkylation sites (tertiary alicyclic amines) is 1. The molecule has 0 bridgehead atoms. The number of nitrogens with one attached hydrogen (secondary N) is 1. The molecule has 5 rings (SSSR count). The van der Waals surface area contributed by atoms with Gasteiger partial charge in [0.05, 0.1) is 12.1 Å². The first-order valence-electron chi connectivity index (χ1n) is 12.1. The van der Waals surface area contributed by atoms with E-state index < -0.39 is 29.6 Å². The standard InChI is InChI=1S/C27H30N2O6/c1-3-27(2,25(32)29-21-12-13-34-23(21)14-22(29)24(30)31)28-26(33)35-15-20-18-10-6-4-8-16(18)17-9-5-7-11-19(17)20/h4-11,20-23H,3,12-15H2,1-2H3,(H,28,33)(H,30,31)/t21-,22?,23-,27?/m0/s1. The molecule has 2 saturated heterocycles. The van der Waals surface area contributed by atoms with Crippen LogP contribution in [0.1, 0.15) is 50.2 Å². The van der Waals surface area contributed by atoms with Gasteiger partial charge >= 0.3 is 12.1 Å². The minimum atomic E-state index is -1.30. The van der Waals surface area contributed by atoms with Gasteiger partial charge in [0, 0.05) is 18.9 Å². The molecule has 0 saturated carbocycles. The number of aliphatic carboxylic acids is 1. The number of ether oxygens (including phenoxy) is 2. The van der Waals surface area contributed by atoms with Crippen LogP contribution in [0.15, 0.2) is 48.5 Å². The van der Waals surface area contributed by atoms with Crippen molar-refractivity contribution in [2.45, 2.75) is 62.8 Å². The summed E-state index contributed by atoms with van der Waals surface area (Å²) in [6.07, 6.45) is 0.156. The Balaban J connectivity index is 1.30. The molecule has 2 unspecified atom stereocenters. The number of fused-ring (bicyclic) bond motifs is 4. The fourth-order valence-corrected chi connectivity index (χ4v) is 5.69. The summed E-state index contributed by atoms with van der Waals surface area (Å²) in [5, 5.41) is 12.5. The zero-order valence-electron chi connectivity index (χ0n) is 19.9. The zero-order chi connectivity index (χ0) is 24.7. The van der Waals surface area contributed by atoms with E-state index in [1.807, 2.05) is 36.4 Å². The van der Waals surface area contributed by atoms with E-state index in [1.54, 1.807) is 13.8 Å². The first kappa shape index (κ1) is 23.4. The molecule has 35 heavy (non-hydrogen) atoms. The van der Waals surface area contributed by atoms with Crippen molar-refractivity contribution in [3.8, 4) is 11.1 Å². The maximum atomic E-state index is 13.6. The number of hydrogen-bond acceptors (Lipinski definition) is 5. The summed E-state index contributed by atoms with van der Waals surface area (Å²) in [6.45, 7) is 4.04. The number of carboxylic acid groups (broad SMARTS) is 1. The number of nitrogens with zero attached hydrogens (tertiary/aromatic N) is 1. The molecule has 0 aromatic heterocycles. The van der Waals surface area contributed by atoms with Gasteiger partial charge < -0.3 is 24.8 Å². The van der Waals surface area contributed by atoms with Crippen molar-refractivity contribution in [3.05, 3.63) is 59.7 Å². The maximum absolute atomic E-state index is 13.6. The van der Waals surface area contributed by atoms with Gasteiger partial charge in [-0.15, -0.1) is 0 Å². The van der Waals surface area contributed by atoms with Crippen molar-refractivity contribution in [2.75, 3.05) is 13.2 Å². The number of rotatable bonds is 6. The van der Waals surface area contributed by atoms with Gasteiger partial charge in [0.2, 0.25) is 5.91 Å². The molecule has 2 aliphatic heterocycles. The predicted octanol–water partition coefficient (Wildman–Crippen LogP) is 3.54. The quantitative estimate of drug-likeness (QED) is 0.658. The Hall–Kier alpha value is -3.39. The average molecular weight is 479 g/mol. The van der Waals surface area contributed by atoms with E-state index in [4.69, 9.17) is 9.47 Å². The third kappa shape index (κ3) is 3.95.